The molecule has 0 bridgehead atoms. The molecule has 0 radical (unpaired) electrons. The monoisotopic (exact) mass is 270 g/mol. The molecule has 1 aromatic rings. The van der Waals surface area contributed by atoms with Crippen molar-refractivity contribution < 1.29 is 0 Å². The summed E-state index contributed by atoms with van der Waals surface area (Å²) in [5.74, 6) is 1.11. The summed E-state index contributed by atoms with van der Waals surface area (Å²) >= 11 is 5.31. The highest BCUT2D eigenvalue weighted by atomic mass is 79.9. The van der Waals surface area contributed by atoms with Gasteiger partial charge in [0, 0.05) is 16.8 Å². The molecule has 1 heterocycles. The molecule has 74 valence electrons. The second kappa shape index (κ2) is 4.84. The Balaban J connectivity index is 1.94. The van der Waals surface area contributed by atoms with Gasteiger partial charge in [-0.2, -0.15) is 0 Å². The number of nitrogens with zero attached hydrogens (tertiary/aromatic N) is 1. The first-order valence-corrected chi connectivity index (χ1v) is 6.28. The Labute approximate surface area is 96.3 Å². The molecule has 2 rings (SSSR count). The lowest BCUT2D eigenvalue weighted by atomic mass is 10.2. The van der Waals surface area contributed by atoms with Crippen molar-refractivity contribution in [3.8, 4) is 0 Å². The van der Waals surface area contributed by atoms with Gasteiger partial charge in [0.2, 0.25) is 0 Å². The Morgan fingerprint density at radius 1 is 1.43 bits per heavy atom. The maximum atomic E-state index is 4.33. The Kier molecular flexibility index (Phi) is 3.48. The normalized spacial score (nSPS) is 15.4. The van der Waals surface area contributed by atoms with Gasteiger partial charge in [-0.05, 0) is 11.6 Å². The molecular formula is C10H11BrN2S. The molecule has 0 amide bonds. The van der Waals surface area contributed by atoms with E-state index in [4.69, 9.17) is 0 Å². The molecular weight excluding hydrogens is 260 g/mol. The highest BCUT2D eigenvalue weighted by molar-refractivity contribution is 9.10. The summed E-state index contributed by atoms with van der Waals surface area (Å²) in [6.45, 7) is 1.79. The van der Waals surface area contributed by atoms with E-state index in [-0.39, 0.29) is 0 Å². The van der Waals surface area contributed by atoms with Crippen molar-refractivity contribution in [2.45, 2.75) is 6.54 Å². The lowest BCUT2D eigenvalue weighted by Gasteiger charge is -2.06. The number of amidine groups is 1. The number of benzene rings is 1. The van der Waals surface area contributed by atoms with Gasteiger partial charge in [0.15, 0.2) is 5.17 Å². The maximum absolute atomic E-state index is 4.33. The fourth-order valence-electron chi connectivity index (χ4n) is 1.25. The molecule has 2 nitrogen and oxygen atoms in total. The van der Waals surface area contributed by atoms with Crippen molar-refractivity contribution in [2.75, 3.05) is 12.3 Å². The fraction of sp³-hybridized carbons (Fsp3) is 0.300. The van der Waals surface area contributed by atoms with Crippen molar-refractivity contribution in [1.29, 1.82) is 0 Å². The average molecular weight is 271 g/mol. The van der Waals surface area contributed by atoms with Crippen molar-refractivity contribution in [1.82, 2.24) is 5.32 Å². The summed E-state index contributed by atoms with van der Waals surface area (Å²) < 4.78 is 1.15. The van der Waals surface area contributed by atoms with Crippen LogP contribution in [0.4, 0.5) is 0 Å². The Morgan fingerprint density at radius 2 is 2.29 bits per heavy atom. The van der Waals surface area contributed by atoms with Gasteiger partial charge in [0.05, 0.1) is 6.54 Å². The summed E-state index contributed by atoms with van der Waals surface area (Å²) in [4.78, 5) is 4.33. The van der Waals surface area contributed by atoms with Crippen LogP contribution in [0.15, 0.2) is 33.7 Å². The van der Waals surface area contributed by atoms with Crippen molar-refractivity contribution in [3.05, 3.63) is 34.3 Å². The van der Waals surface area contributed by atoms with Gasteiger partial charge >= 0.3 is 0 Å². The third-order valence-electron chi connectivity index (χ3n) is 1.97. The number of aliphatic imine (C=N–C) groups is 1. The highest BCUT2D eigenvalue weighted by Gasteiger charge is 2.06. The third kappa shape index (κ3) is 2.51. The molecule has 0 aliphatic carbocycles. The number of hydrogen-bond donors (Lipinski definition) is 1. The molecule has 1 N–H and O–H groups in total. The minimum absolute atomic E-state index is 0.841. The van der Waals surface area contributed by atoms with E-state index in [9.17, 15) is 0 Å². The van der Waals surface area contributed by atoms with Gasteiger partial charge in [-0.25, -0.2) is 0 Å². The quantitative estimate of drug-likeness (QED) is 0.894. The molecule has 1 aliphatic heterocycles. The van der Waals surface area contributed by atoms with E-state index in [1.165, 1.54) is 5.56 Å². The van der Waals surface area contributed by atoms with Crippen molar-refractivity contribution >= 4 is 32.9 Å². The average Bonchev–Trinajstić information content (AvgIpc) is 2.69. The van der Waals surface area contributed by atoms with E-state index in [0.29, 0.717) is 0 Å². The Morgan fingerprint density at radius 3 is 3.00 bits per heavy atom. The van der Waals surface area contributed by atoms with E-state index in [1.807, 2.05) is 12.1 Å². The third-order valence-corrected chi connectivity index (χ3v) is 3.68. The number of halogens is 1. The zero-order valence-electron chi connectivity index (χ0n) is 7.66. The minimum Gasteiger partial charge on any atom is -0.361 e. The number of rotatable bonds is 2. The van der Waals surface area contributed by atoms with Gasteiger partial charge in [0.25, 0.3) is 0 Å². The van der Waals surface area contributed by atoms with Crippen LogP contribution in [0.25, 0.3) is 0 Å². The molecule has 0 saturated heterocycles. The predicted octanol–water partition coefficient (Wildman–Crippen LogP) is 2.64. The van der Waals surface area contributed by atoms with Crippen molar-refractivity contribution in [2.24, 2.45) is 4.99 Å². The molecule has 14 heavy (non-hydrogen) atoms. The lowest BCUT2D eigenvalue weighted by Crippen LogP contribution is -2.18. The highest BCUT2D eigenvalue weighted by Crippen LogP contribution is 2.16. The van der Waals surface area contributed by atoms with Crippen LogP contribution < -0.4 is 5.32 Å². The molecule has 0 spiro atoms. The zero-order chi connectivity index (χ0) is 9.80. The molecule has 0 saturated carbocycles. The molecule has 0 unspecified atom stereocenters. The number of nitrogens with one attached hydrogen (secondary N) is 1. The minimum atomic E-state index is 0.841. The second-order valence-electron chi connectivity index (χ2n) is 2.98. The largest absolute Gasteiger partial charge is 0.361 e. The Bertz CT molecular complexity index is 352. The zero-order valence-corrected chi connectivity index (χ0v) is 10.1. The van der Waals surface area contributed by atoms with Crippen LogP contribution in [0.5, 0.6) is 0 Å². The van der Waals surface area contributed by atoms with E-state index in [2.05, 4.69) is 38.4 Å². The lowest BCUT2D eigenvalue weighted by molar-refractivity contribution is 0.918. The van der Waals surface area contributed by atoms with E-state index >= 15 is 0 Å². The van der Waals surface area contributed by atoms with Crippen LogP contribution >= 0.6 is 27.7 Å². The molecule has 4 heteroatoms. The van der Waals surface area contributed by atoms with Gasteiger partial charge < -0.3 is 5.32 Å². The molecule has 1 aromatic carbocycles. The molecule has 0 aromatic heterocycles. The first kappa shape index (κ1) is 10.1. The van der Waals surface area contributed by atoms with Gasteiger partial charge in [-0.1, -0.05) is 45.9 Å². The Hall–Kier alpha value is -0.480. The van der Waals surface area contributed by atoms with Crippen LogP contribution in [0.2, 0.25) is 0 Å². The predicted molar refractivity (Wildman–Crippen MR) is 65.7 cm³/mol. The van der Waals surface area contributed by atoms with Crippen LogP contribution in [0.1, 0.15) is 5.56 Å². The standard InChI is InChI=1S/C10H11BrN2S/c11-9-4-2-1-3-8(9)7-13-10-12-5-6-14-10/h1-4H,5-7H2,(H,12,13). The van der Waals surface area contributed by atoms with Crippen LogP contribution in [0, 0.1) is 0 Å². The molecule has 0 atom stereocenters. The van der Waals surface area contributed by atoms with E-state index in [1.54, 1.807) is 11.8 Å². The SMILES string of the molecule is Brc1ccccc1CNC1=NCCS1. The van der Waals surface area contributed by atoms with E-state index < -0.39 is 0 Å². The summed E-state index contributed by atoms with van der Waals surface area (Å²) in [6.07, 6.45) is 0. The van der Waals surface area contributed by atoms with Gasteiger partial charge in [-0.3, -0.25) is 4.99 Å². The smallest absolute Gasteiger partial charge is 0.156 e. The summed E-state index contributed by atoms with van der Waals surface area (Å²) in [6, 6.07) is 8.23. The summed E-state index contributed by atoms with van der Waals surface area (Å²) in [5, 5.41) is 4.39. The van der Waals surface area contributed by atoms with Gasteiger partial charge in [0.1, 0.15) is 0 Å². The topological polar surface area (TPSA) is 24.4 Å². The van der Waals surface area contributed by atoms with Crippen LogP contribution in [-0.2, 0) is 6.54 Å². The van der Waals surface area contributed by atoms with Crippen LogP contribution in [-0.4, -0.2) is 17.5 Å². The van der Waals surface area contributed by atoms with E-state index in [0.717, 1.165) is 28.5 Å². The number of hydrogen-bond acceptors (Lipinski definition) is 3. The summed E-state index contributed by atoms with van der Waals surface area (Å²) in [5.41, 5.74) is 1.27. The fourth-order valence-corrected chi connectivity index (χ4v) is 2.41. The van der Waals surface area contributed by atoms with Crippen molar-refractivity contribution in [3.63, 3.8) is 0 Å². The molecule has 1 aliphatic rings. The van der Waals surface area contributed by atoms with Crippen LogP contribution in [0.3, 0.4) is 0 Å². The number of thioether (sulfide) groups is 1. The second-order valence-corrected chi connectivity index (χ2v) is 4.92. The first-order valence-electron chi connectivity index (χ1n) is 4.51. The first-order chi connectivity index (χ1) is 6.86. The summed E-state index contributed by atoms with van der Waals surface area (Å²) in [7, 11) is 0. The maximum Gasteiger partial charge on any atom is 0.156 e. The van der Waals surface area contributed by atoms with Gasteiger partial charge in [-0.15, -0.1) is 0 Å². The molecule has 0 fully saturated rings.